The third kappa shape index (κ3) is 3.62. The van der Waals surface area contributed by atoms with Gasteiger partial charge in [-0.3, -0.25) is 4.79 Å². The Kier molecular flexibility index (Phi) is 4.50. The monoisotopic (exact) mass is 359 g/mol. The lowest BCUT2D eigenvalue weighted by Crippen LogP contribution is -2.39. The van der Waals surface area contributed by atoms with E-state index < -0.39 is 0 Å². The summed E-state index contributed by atoms with van der Waals surface area (Å²) >= 11 is 0. The van der Waals surface area contributed by atoms with Crippen molar-refractivity contribution in [3.8, 4) is 0 Å². The number of urea groups is 1. The van der Waals surface area contributed by atoms with Crippen LogP contribution >= 0.6 is 0 Å². The molecule has 1 heterocycles. The van der Waals surface area contributed by atoms with Crippen molar-refractivity contribution in [2.45, 2.75) is 19.4 Å². The number of aryl methyl sites for hydroxylation is 1. The van der Waals surface area contributed by atoms with Crippen LogP contribution < -0.4 is 15.5 Å². The number of nitrogens with one attached hydrogen (secondary N) is 2. The van der Waals surface area contributed by atoms with Crippen molar-refractivity contribution >= 4 is 34.1 Å². The van der Waals surface area contributed by atoms with E-state index in [1.54, 1.807) is 4.90 Å². The predicted molar refractivity (Wildman–Crippen MR) is 108 cm³/mol. The summed E-state index contributed by atoms with van der Waals surface area (Å²) in [6, 6.07) is 21.0. The zero-order valence-corrected chi connectivity index (χ0v) is 15.1. The molecule has 0 radical (unpaired) electrons. The van der Waals surface area contributed by atoms with Gasteiger partial charge in [0, 0.05) is 24.0 Å². The molecule has 27 heavy (non-hydrogen) atoms. The third-order valence-electron chi connectivity index (χ3n) is 4.84. The van der Waals surface area contributed by atoms with Gasteiger partial charge in [-0.1, -0.05) is 54.1 Å². The van der Waals surface area contributed by atoms with E-state index in [0.717, 1.165) is 27.7 Å². The number of amides is 3. The first kappa shape index (κ1) is 17.1. The number of nitrogens with zero attached hydrogens (tertiary/aromatic N) is 1. The smallest absolute Gasteiger partial charge is 0.319 e. The van der Waals surface area contributed by atoms with Gasteiger partial charge in [-0.05, 0) is 30.5 Å². The van der Waals surface area contributed by atoms with Crippen molar-refractivity contribution in [1.29, 1.82) is 0 Å². The maximum atomic E-state index is 12.5. The van der Waals surface area contributed by atoms with Gasteiger partial charge in [-0.15, -0.1) is 0 Å². The largest absolute Gasteiger partial charge is 0.333 e. The van der Waals surface area contributed by atoms with E-state index in [1.807, 2.05) is 73.7 Å². The Morgan fingerprint density at radius 3 is 2.56 bits per heavy atom. The quantitative estimate of drug-likeness (QED) is 0.740. The molecule has 0 bridgehead atoms. The molecule has 0 saturated carbocycles. The fraction of sp³-hybridized carbons (Fsp3) is 0.182. The van der Waals surface area contributed by atoms with Crippen LogP contribution in [-0.2, 0) is 4.79 Å². The molecule has 0 spiro atoms. The van der Waals surface area contributed by atoms with Gasteiger partial charge >= 0.3 is 6.03 Å². The van der Waals surface area contributed by atoms with Gasteiger partial charge in [0.1, 0.15) is 0 Å². The van der Waals surface area contributed by atoms with Crippen molar-refractivity contribution < 1.29 is 9.59 Å². The highest BCUT2D eigenvalue weighted by molar-refractivity contribution is 6.02. The molecule has 2 N–H and O–H groups in total. The van der Waals surface area contributed by atoms with Crippen molar-refractivity contribution in [3.63, 3.8) is 0 Å². The molecule has 1 aliphatic heterocycles. The maximum absolute atomic E-state index is 12.5. The van der Waals surface area contributed by atoms with Crippen LogP contribution in [0.25, 0.3) is 10.8 Å². The second-order valence-corrected chi connectivity index (χ2v) is 6.87. The molecule has 4 rings (SSSR count). The number of anilines is 2. The number of carbonyl (C=O) groups is 2. The highest BCUT2D eigenvalue weighted by atomic mass is 16.2. The second-order valence-electron chi connectivity index (χ2n) is 6.87. The predicted octanol–water partition coefficient (Wildman–Crippen LogP) is 4.08. The average Bonchev–Trinajstić information content (AvgIpc) is 3.02. The number of hydrogen-bond acceptors (Lipinski definition) is 2. The molecule has 3 amide bonds. The van der Waals surface area contributed by atoms with Crippen molar-refractivity contribution in [1.82, 2.24) is 5.32 Å². The van der Waals surface area contributed by atoms with Crippen LogP contribution in [0, 0.1) is 6.92 Å². The van der Waals surface area contributed by atoms with Gasteiger partial charge in [0.25, 0.3) is 0 Å². The Hall–Kier alpha value is -3.34. The van der Waals surface area contributed by atoms with E-state index in [4.69, 9.17) is 0 Å². The molecule has 3 aromatic rings. The van der Waals surface area contributed by atoms with E-state index in [0.29, 0.717) is 13.0 Å². The Labute approximate surface area is 158 Å². The topological polar surface area (TPSA) is 61.4 Å². The molecule has 1 atom stereocenters. The summed E-state index contributed by atoms with van der Waals surface area (Å²) in [5, 5.41) is 7.88. The van der Waals surface area contributed by atoms with Crippen LogP contribution in [0.4, 0.5) is 16.2 Å². The lowest BCUT2D eigenvalue weighted by Gasteiger charge is -2.18. The third-order valence-corrected chi connectivity index (χ3v) is 4.84. The van der Waals surface area contributed by atoms with Crippen molar-refractivity contribution in [3.05, 3.63) is 72.3 Å². The first-order valence-corrected chi connectivity index (χ1v) is 9.02. The summed E-state index contributed by atoms with van der Waals surface area (Å²) in [4.78, 5) is 26.5. The molecule has 5 nitrogen and oxygen atoms in total. The first-order chi connectivity index (χ1) is 13.1. The highest BCUT2D eigenvalue weighted by Crippen LogP contribution is 2.24. The summed E-state index contributed by atoms with van der Waals surface area (Å²) < 4.78 is 0. The van der Waals surface area contributed by atoms with Gasteiger partial charge in [0.15, 0.2) is 0 Å². The van der Waals surface area contributed by atoms with E-state index in [-0.39, 0.29) is 18.0 Å². The van der Waals surface area contributed by atoms with E-state index in [1.165, 1.54) is 0 Å². The minimum absolute atomic E-state index is 0.0225. The molecular formula is C22H21N3O2. The normalized spacial score (nSPS) is 16.6. The Morgan fingerprint density at radius 1 is 1.00 bits per heavy atom. The van der Waals surface area contributed by atoms with Gasteiger partial charge < -0.3 is 15.5 Å². The summed E-state index contributed by atoms with van der Waals surface area (Å²) in [6.45, 7) is 2.49. The Morgan fingerprint density at radius 2 is 1.74 bits per heavy atom. The Bertz CT molecular complexity index is 993. The van der Waals surface area contributed by atoms with Crippen LogP contribution in [0.5, 0.6) is 0 Å². The zero-order valence-electron chi connectivity index (χ0n) is 15.1. The lowest BCUT2D eigenvalue weighted by atomic mass is 10.1. The molecule has 5 heteroatoms. The number of carbonyl (C=O) groups excluding carboxylic acids is 2. The fourth-order valence-corrected chi connectivity index (χ4v) is 3.46. The molecule has 0 unspecified atom stereocenters. The number of hydrogen-bond donors (Lipinski definition) is 2. The summed E-state index contributed by atoms with van der Waals surface area (Å²) in [5.41, 5.74) is 2.77. The number of fused-ring (bicyclic) bond motifs is 1. The SMILES string of the molecule is Cc1ccc(N2C[C@H](NC(=O)Nc3cccc4ccccc34)CC2=O)cc1. The van der Waals surface area contributed by atoms with Crippen LogP contribution in [0.3, 0.4) is 0 Å². The van der Waals surface area contributed by atoms with Crippen LogP contribution in [0.15, 0.2) is 66.7 Å². The number of rotatable bonds is 3. The first-order valence-electron chi connectivity index (χ1n) is 9.02. The van der Waals surface area contributed by atoms with E-state index >= 15 is 0 Å². The maximum Gasteiger partial charge on any atom is 0.319 e. The second kappa shape index (κ2) is 7.11. The van der Waals surface area contributed by atoms with Crippen LogP contribution in [0.2, 0.25) is 0 Å². The minimum atomic E-state index is -0.296. The van der Waals surface area contributed by atoms with Gasteiger partial charge in [-0.2, -0.15) is 0 Å². The molecule has 1 aliphatic rings. The van der Waals surface area contributed by atoms with Gasteiger partial charge in [-0.25, -0.2) is 4.79 Å². The number of benzene rings is 3. The van der Waals surface area contributed by atoms with E-state index in [2.05, 4.69) is 10.6 Å². The average molecular weight is 359 g/mol. The fourth-order valence-electron chi connectivity index (χ4n) is 3.46. The Balaban J connectivity index is 1.43. The summed E-state index contributed by atoms with van der Waals surface area (Å²) in [6.07, 6.45) is 0.302. The summed E-state index contributed by atoms with van der Waals surface area (Å²) in [5.74, 6) is 0.0225. The highest BCUT2D eigenvalue weighted by Gasteiger charge is 2.31. The van der Waals surface area contributed by atoms with Crippen LogP contribution in [-0.4, -0.2) is 24.5 Å². The molecule has 0 aromatic heterocycles. The molecule has 3 aromatic carbocycles. The van der Waals surface area contributed by atoms with E-state index in [9.17, 15) is 9.59 Å². The molecule has 136 valence electrons. The standard InChI is InChI=1S/C22H21N3O2/c1-15-9-11-18(12-10-15)25-14-17(13-21(25)26)23-22(27)24-20-8-4-6-16-5-2-3-7-19(16)20/h2-12,17H,13-14H2,1H3,(H2,23,24,27)/t17-/m1/s1. The minimum Gasteiger partial charge on any atom is -0.333 e. The van der Waals surface area contributed by atoms with Crippen molar-refractivity contribution in [2.24, 2.45) is 0 Å². The molecule has 1 saturated heterocycles. The van der Waals surface area contributed by atoms with Crippen molar-refractivity contribution in [2.75, 3.05) is 16.8 Å². The van der Waals surface area contributed by atoms with Gasteiger partial charge in [0.05, 0.1) is 11.7 Å². The molecule has 0 aliphatic carbocycles. The molecular weight excluding hydrogens is 338 g/mol. The van der Waals surface area contributed by atoms with Crippen LogP contribution in [0.1, 0.15) is 12.0 Å². The molecule has 1 fully saturated rings. The van der Waals surface area contributed by atoms with Gasteiger partial charge in [0.2, 0.25) is 5.91 Å². The lowest BCUT2D eigenvalue weighted by molar-refractivity contribution is -0.117. The summed E-state index contributed by atoms with van der Waals surface area (Å²) in [7, 11) is 0. The zero-order chi connectivity index (χ0) is 18.8.